The highest BCUT2D eigenvalue weighted by Crippen LogP contribution is 2.30. The lowest BCUT2D eigenvalue weighted by molar-refractivity contribution is 0.159. The van der Waals surface area contributed by atoms with Crippen LogP contribution in [-0.2, 0) is 0 Å². The molecular formula is C12H19NO3. The molecule has 1 aromatic rings. The van der Waals surface area contributed by atoms with E-state index in [-0.39, 0.29) is 6.04 Å². The van der Waals surface area contributed by atoms with E-state index in [1.165, 1.54) is 0 Å². The zero-order valence-electron chi connectivity index (χ0n) is 9.93. The Bertz CT molecular complexity index is 339. The highest BCUT2D eigenvalue weighted by atomic mass is 16.5. The summed E-state index contributed by atoms with van der Waals surface area (Å²) in [7, 11) is 3.15. The van der Waals surface area contributed by atoms with Crippen molar-refractivity contribution in [1.82, 2.24) is 0 Å². The van der Waals surface area contributed by atoms with Crippen LogP contribution in [0.4, 0.5) is 0 Å². The van der Waals surface area contributed by atoms with Gasteiger partial charge in [0.25, 0.3) is 0 Å². The number of benzene rings is 1. The Morgan fingerprint density at radius 3 is 2.38 bits per heavy atom. The van der Waals surface area contributed by atoms with Crippen LogP contribution < -0.4 is 15.2 Å². The standard InChI is InChI=1S/C12H19NO3/c1-8(13)6-10(14)9-4-5-11(15-2)12(7-9)16-3/h4-5,7-8,10,14H,6,13H2,1-3H3. The normalized spacial score (nSPS) is 14.3. The fourth-order valence-corrected chi connectivity index (χ4v) is 1.55. The highest BCUT2D eigenvalue weighted by molar-refractivity contribution is 5.43. The molecule has 0 bridgehead atoms. The maximum absolute atomic E-state index is 9.90. The molecule has 0 radical (unpaired) electrons. The summed E-state index contributed by atoms with van der Waals surface area (Å²) in [5.74, 6) is 1.27. The van der Waals surface area contributed by atoms with Crippen LogP contribution in [0, 0.1) is 0 Å². The molecule has 2 unspecified atom stereocenters. The number of hydrogen-bond donors (Lipinski definition) is 2. The molecule has 90 valence electrons. The summed E-state index contributed by atoms with van der Waals surface area (Å²) in [5, 5.41) is 9.90. The van der Waals surface area contributed by atoms with Crippen LogP contribution in [0.25, 0.3) is 0 Å². The van der Waals surface area contributed by atoms with E-state index < -0.39 is 6.10 Å². The minimum absolute atomic E-state index is 0.0388. The van der Waals surface area contributed by atoms with E-state index in [1.807, 2.05) is 13.0 Å². The molecule has 0 aliphatic rings. The first-order chi connectivity index (χ1) is 7.58. The molecule has 0 heterocycles. The topological polar surface area (TPSA) is 64.7 Å². The van der Waals surface area contributed by atoms with Gasteiger partial charge in [-0.15, -0.1) is 0 Å². The molecule has 0 fully saturated rings. The molecule has 16 heavy (non-hydrogen) atoms. The summed E-state index contributed by atoms with van der Waals surface area (Å²) in [4.78, 5) is 0. The Hall–Kier alpha value is -1.26. The number of hydrogen-bond acceptors (Lipinski definition) is 4. The first-order valence-corrected chi connectivity index (χ1v) is 5.24. The first-order valence-electron chi connectivity index (χ1n) is 5.24. The predicted molar refractivity (Wildman–Crippen MR) is 62.8 cm³/mol. The summed E-state index contributed by atoms with van der Waals surface area (Å²) >= 11 is 0. The van der Waals surface area contributed by atoms with Crippen molar-refractivity contribution in [3.05, 3.63) is 23.8 Å². The number of aliphatic hydroxyl groups excluding tert-OH is 1. The Kier molecular flexibility index (Phi) is 4.58. The van der Waals surface area contributed by atoms with Crippen LogP contribution in [0.1, 0.15) is 25.0 Å². The van der Waals surface area contributed by atoms with Crippen molar-refractivity contribution in [2.24, 2.45) is 5.73 Å². The monoisotopic (exact) mass is 225 g/mol. The quantitative estimate of drug-likeness (QED) is 0.796. The second kappa shape index (κ2) is 5.72. The van der Waals surface area contributed by atoms with E-state index >= 15 is 0 Å². The number of ether oxygens (including phenoxy) is 2. The molecule has 0 spiro atoms. The Morgan fingerprint density at radius 2 is 1.88 bits per heavy atom. The molecule has 0 saturated heterocycles. The molecule has 1 aromatic carbocycles. The SMILES string of the molecule is COc1ccc(C(O)CC(C)N)cc1OC. The van der Waals surface area contributed by atoms with Crippen LogP contribution in [0.2, 0.25) is 0 Å². The lowest BCUT2D eigenvalue weighted by atomic mass is 10.0. The van der Waals surface area contributed by atoms with Crippen LogP contribution in [0.15, 0.2) is 18.2 Å². The zero-order valence-corrected chi connectivity index (χ0v) is 9.93. The van der Waals surface area contributed by atoms with E-state index in [0.29, 0.717) is 17.9 Å². The van der Waals surface area contributed by atoms with Crippen molar-refractivity contribution in [2.75, 3.05) is 14.2 Å². The lowest BCUT2D eigenvalue weighted by Gasteiger charge is -2.15. The molecule has 1 rings (SSSR count). The summed E-state index contributed by atoms with van der Waals surface area (Å²) in [6.45, 7) is 1.87. The average molecular weight is 225 g/mol. The van der Waals surface area contributed by atoms with Crippen molar-refractivity contribution in [2.45, 2.75) is 25.5 Å². The maximum atomic E-state index is 9.90. The number of aliphatic hydroxyl groups is 1. The molecule has 0 saturated carbocycles. The van der Waals surface area contributed by atoms with Crippen molar-refractivity contribution in [3.63, 3.8) is 0 Å². The second-order valence-corrected chi connectivity index (χ2v) is 3.84. The zero-order chi connectivity index (χ0) is 12.1. The Morgan fingerprint density at radius 1 is 1.25 bits per heavy atom. The van der Waals surface area contributed by atoms with Gasteiger partial charge in [0.15, 0.2) is 11.5 Å². The lowest BCUT2D eigenvalue weighted by Crippen LogP contribution is -2.18. The van der Waals surface area contributed by atoms with Gasteiger partial charge in [0.1, 0.15) is 0 Å². The van der Waals surface area contributed by atoms with Gasteiger partial charge >= 0.3 is 0 Å². The highest BCUT2D eigenvalue weighted by Gasteiger charge is 2.12. The first kappa shape index (κ1) is 12.8. The molecule has 2 atom stereocenters. The van der Waals surface area contributed by atoms with Gasteiger partial charge < -0.3 is 20.3 Å². The fourth-order valence-electron chi connectivity index (χ4n) is 1.55. The molecule has 0 aliphatic carbocycles. The summed E-state index contributed by atoms with van der Waals surface area (Å²) in [6, 6.07) is 5.32. The summed E-state index contributed by atoms with van der Waals surface area (Å²) < 4.78 is 10.3. The van der Waals surface area contributed by atoms with Crippen LogP contribution in [0.5, 0.6) is 11.5 Å². The van der Waals surface area contributed by atoms with E-state index in [4.69, 9.17) is 15.2 Å². The third-order valence-electron chi connectivity index (χ3n) is 2.39. The van der Waals surface area contributed by atoms with Gasteiger partial charge in [0.05, 0.1) is 20.3 Å². The van der Waals surface area contributed by atoms with Gasteiger partial charge in [-0.1, -0.05) is 6.07 Å². The van der Waals surface area contributed by atoms with Crippen molar-refractivity contribution < 1.29 is 14.6 Å². The molecule has 4 nitrogen and oxygen atoms in total. The van der Waals surface area contributed by atoms with E-state index in [9.17, 15) is 5.11 Å². The van der Waals surface area contributed by atoms with E-state index in [2.05, 4.69) is 0 Å². The molecule has 0 aromatic heterocycles. The minimum atomic E-state index is -0.570. The largest absolute Gasteiger partial charge is 0.493 e. The van der Waals surface area contributed by atoms with Crippen molar-refractivity contribution in [3.8, 4) is 11.5 Å². The third kappa shape index (κ3) is 3.12. The molecule has 4 heteroatoms. The van der Waals surface area contributed by atoms with Gasteiger partial charge in [0.2, 0.25) is 0 Å². The van der Waals surface area contributed by atoms with Gasteiger partial charge in [-0.25, -0.2) is 0 Å². The van der Waals surface area contributed by atoms with Crippen molar-refractivity contribution in [1.29, 1.82) is 0 Å². The van der Waals surface area contributed by atoms with Crippen molar-refractivity contribution >= 4 is 0 Å². The van der Waals surface area contributed by atoms with Gasteiger partial charge in [0, 0.05) is 6.04 Å². The smallest absolute Gasteiger partial charge is 0.161 e. The van der Waals surface area contributed by atoms with Crippen LogP contribution in [0.3, 0.4) is 0 Å². The molecule has 0 aliphatic heterocycles. The van der Waals surface area contributed by atoms with Gasteiger partial charge in [-0.05, 0) is 31.0 Å². The molecule has 0 amide bonds. The van der Waals surface area contributed by atoms with Gasteiger partial charge in [-0.2, -0.15) is 0 Å². The predicted octanol–water partition coefficient (Wildman–Crippen LogP) is 1.47. The van der Waals surface area contributed by atoms with E-state index in [0.717, 1.165) is 5.56 Å². The average Bonchev–Trinajstić information content (AvgIpc) is 2.27. The number of methoxy groups -OCH3 is 2. The number of nitrogens with two attached hydrogens (primary N) is 1. The molecule has 3 N–H and O–H groups in total. The summed E-state index contributed by atoms with van der Waals surface area (Å²) in [5.41, 5.74) is 6.43. The van der Waals surface area contributed by atoms with E-state index in [1.54, 1.807) is 26.4 Å². The minimum Gasteiger partial charge on any atom is -0.493 e. The van der Waals surface area contributed by atoms with Crippen LogP contribution >= 0.6 is 0 Å². The third-order valence-corrected chi connectivity index (χ3v) is 2.39. The maximum Gasteiger partial charge on any atom is 0.161 e. The molecular weight excluding hydrogens is 206 g/mol. The second-order valence-electron chi connectivity index (χ2n) is 3.84. The Balaban J connectivity index is 2.89. The van der Waals surface area contributed by atoms with Gasteiger partial charge in [-0.3, -0.25) is 0 Å². The fraction of sp³-hybridized carbons (Fsp3) is 0.500. The number of rotatable bonds is 5. The summed E-state index contributed by atoms with van der Waals surface area (Å²) in [6.07, 6.45) is -0.0463. The van der Waals surface area contributed by atoms with Crippen LogP contribution in [-0.4, -0.2) is 25.4 Å². The Labute approximate surface area is 96.0 Å².